The third-order valence-electron chi connectivity index (χ3n) is 4.61. The van der Waals surface area contributed by atoms with E-state index in [0.29, 0.717) is 24.1 Å². The number of hydrogen-bond acceptors (Lipinski definition) is 4. The van der Waals surface area contributed by atoms with Crippen LogP contribution in [0.1, 0.15) is 33.9 Å². The van der Waals surface area contributed by atoms with Crippen LogP contribution in [-0.2, 0) is 11.2 Å². The largest absolute Gasteiger partial charge is 0.354 e. The number of anilines is 1. The fourth-order valence-corrected chi connectivity index (χ4v) is 2.86. The van der Waals surface area contributed by atoms with Crippen molar-refractivity contribution in [1.82, 2.24) is 10.3 Å². The second-order valence-corrected chi connectivity index (χ2v) is 6.85. The highest BCUT2D eigenvalue weighted by Gasteiger charge is 2.11. The number of nitrogens with one attached hydrogen (secondary N) is 2. The second kappa shape index (κ2) is 10.3. The van der Waals surface area contributed by atoms with E-state index in [2.05, 4.69) is 15.6 Å². The molecule has 1 atom stereocenters. The molecule has 7 heteroatoms. The maximum Gasteiger partial charge on any atom is 0.255 e. The van der Waals surface area contributed by atoms with Gasteiger partial charge in [-0.3, -0.25) is 14.6 Å². The standard InChI is InChI=1S/C23H23FN4O2/c24-19-8-1-16(2-9-19)3-10-22(29)27-15-21(25)17-4-6-18(7-5-17)23(30)28-20-11-13-26-14-12-20/h1-2,4-9,11-14,21H,3,10,15,25H2,(H,27,29)(H,26,28,30). The van der Waals surface area contributed by atoms with Crippen molar-refractivity contribution in [3.63, 3.8) is 0 Å². The van der Waals surface area contributed by atoms with Crippen molar-refractivity contribution in [1.29, 1.82) is 0 Å². The van der Waals surface area contributed by atoms with Crippen molar-refractivity contribution in [2.45, 2.75) is 18.9 Å². The van der Waals surface area contributed by atoms with Gasteiger partial charge in [0.15, 0.2) is 0 Å². The van der Waals surface area contributed by atoms with E-state index in [1.165, 1.54) is 12.1 Å². The molecule has 0 aliphatic heterocycles. The zero-order valence-electron chi connectivity index (χ0n) is 16.3. The van der Waals surface area contributed by atoms with Gasteiger partial charge in [0.25, 0.3) is 5.91 Å². The lowest BCUT2D eigenvalue weighted by molar-refractivity contribution is -0.121. The van der Waals surface area contributed by atoms with Crippen molar-refractivity contribution in [3.8, 4) is 0 Å². The van der Waals surface area contributed by atoms with E-state index in [1.807, 2.05) is 0 Å². The first-order valence-electron chi connectivity index (χ1n) is 9.59. The van der Waals surface area contributed by atoms with Gasteiger partial charge in [-0.2, -0.15) is 0 Å². The fraction of sp³-hybridized carbons (Fsp3) is 0.174. The molecule has 2 amide bonds. The molecule has 1 aromatic heterocycles. The van der Waals surface area contributed by atoms with Crippen molar-refractivity contribution in [2.75, 3.05) is 11.9 Å². The number of halogens is 1. The van der Waals surface area contributed by atoms with Crippen LogP contribution in [0.15, 0.2) is 73.1 Å². The molecule has 1 heterocycles. The predicted octanol–water partition coefficient (Wildman–Crippen LogP) is 3.22. The molecule has 3 aromatic rings. The number of carbonyl (C=O) groups excluding carboxylic acids is 2. The van der Waals surface area contributed by atoms with E-state index < -0.39 is 6.04 Å². The normalized spacial score (nSPS) is 11.5. The summed E-state index contributed by atoms with van der Waals surface area (Å²) < 4.78 is 12.9. The molecular weight excluding hydrogens is 383 g/mol. The number of rotatable bonds is 8. The summed E-state index contributed by atoms with van der Waals surface area (Å²) in [5.74, 6) is -0.645. The Balaban J connectivity index is 1.45. The predicted molar refractivity (Wildman–Crippen MR) is 113 cm³/mol. The van der Waals surface area contributed by atoms with Crippen molar-refractivity contribution < 1.29 is 14.0 Å². The number of carbonyl (C=O) groups is 2. The third-order valence-corrected chi connectivity index (χ3v) is 4.61. The molecule has 3 rings (SSSR count). The molecule has 0 radical (unpaired) electrons. The number of nitrogens with zero attached hydrogens (tertiary/aromatic N) is 1. The maximum atomic E-state index is 12.9. The Morgan fingerprint density at radius 3 is 2.30 bits per heavy atom. The van der Waals surface area contributed by atoms with E-state index in [-0.39, 0.29) is 24.2 Å². The molecule has 0 saturated carbocycles. The minimum Gasteiger partial charge on any atom is -0.354 e. The van der Waals surface area contributed by atoms with Gasteiger partial charge in [-0.15, -0.1) is 0 Å². The van der Waals surface area contributed by atoms with Gasteiger partial charge in [-0.25, -0.2) is 4.39 Å². The Kier molecular flexibility index (Phi) is 7.24. The summed E-state index contributed by atoms with van der Waals surface area (Å²) in [5.41, 5.74) is 9.04. The van der Waals surface area contributed by atoms with Gasteiger partial charge in [0.1, 0.15) is 5.82 Å². The molecule has 0 aliphatic rings. The lowest BCUT2D eigenvalue weighted by Crippen LogP contribution is -2.32. The molecule has 4 N–H and O–H groups in total. The van der Waals surface area contributed by atoms with Crippen LogP contribution in [0.5, 0.6) is 0 Å². The summed E-state index contributed by atoms with van der Waals surface area (Å²) in [6.07, 6.45) is 4.03. The minimum atomic E-state index is -0.392. The van der Waals surface area contributed by atoms with Gasteiger partial charge in [0.05, 0.1) is 0 Å². The quantitative estimate of drug-likeness (QED) is 0.535. The van der Waals surface area contributed by atoms with Crippen LogP contribution in [0, 0.1) is 5.82 Å². The van der Waals surface area contributed by atoms with Crippen LogP contribution in [0.25, 0.3) is 0 Å². The van der Waals surface area contributed by atoms with Crippen molar-refractivity contribution in [3.05, 3.63) is 95.6 Å². The molecule has 30 heavy (non-hydrogen) atoms. The van der Waals surface area contributed by atoms with Gasteiger partial charge < -0.3 is 16.4 Å². The Morgan fingerprint density at radius 1 is 0.967 bits per heavy atom. The zero-order chi connectivity index (χ0) is 21.3. The number of aromatic nitrogens is 1. The first-order valence-corrected chi connectivity index (χ1v) is 9.59. The molecule has 0 bridgehead atoms. The molecule has 2 aromatic carbocycles. The van der Waals surface area contributed by atoms with Crippen LogP contribution in [0.3, 0.4) is 0 Å². The Hall–Kier alpha value is -3.58. The van der Waals surface area contributed by atoms with Crippen LogP contribution in [-0.4, -0.2) is 23.3 Å². The molecule has 154 valence electrons. The van der Waals surface area contributed by atoms with Crippen LogP contribution in [0.2, 0.25) is 0 Å². The SMILES string of the molecule is NC(CNC(=O)CCc1ccc(F)cc1)c1ccc(C(=O)Nc2ccncc2)cc1. The fourth-order valence-electron chi connectivity index (χ4n) is 2.86. The third kappa shape index (κ3) is 6.22. The number of amides is 2. The van der Waals surface area contributed by atoms with Gasteiger partial charge in [-0.05, 0) is 53.9 Å². The van der Waals surface area contributed by atoms with Crippen molar-refractivity contribution in [2.24, 2.45) is 5.73 Å². The molecule has 0 spiro atoms. The summed E-state index contributed by atoms with van der Waals surface area (Å²) in [5, 5.41) is 5.60. The van der Waals surface area contributed by atoms with Gasteiger partial charge in [0, 0.05) is 42.7 Å². The van der Waals surface area contributed by atoms with E-state index >= 15 is 0 Å². The molecule has 1 unspecified atom stereocenters. The lowest BCUT2D eigenvalue weighted by Gasteiger charge is -2.14. The second-order valence-electron chi connectivity index (χ2n) is 6.85. The van der Waals surface area contributed by atoms with Crippen LogP contribution >= 0.6 is 0 Å². The summed E-state index contributed by atoms with van der Waals surface area (Å²) in [4.78, 5) is 28.2. The zero-order valence-corrected chi connectivity index (χ0v) is 16.3. The van der Waals surface area contributed by atoms with Crippen LogP contribution < -0.4 is 16.4 Å². The van der Waals surface area contributed by atoms with E-state index in [9.17, 15) is 14.0 Å². The average molecular weight is 406 g/mol. The number of aryl methyl sites for hydroxylation is 1. The number of nitrogens with two attached hydrogens (primary N) is 1. The molecular formula is C23H23FN4O2. The van der Waals surface area contributed by atoms with E-state index in [0.717, 1.165) is 11.1 Å². The molecule has 6 nitrogen and oxygen atoms in total. The van der Waals surface area contributed by atoms with Gasteiger partial charge >= 0.3 is 0 Å². The maximum absolute atomic E-state index is 12.9. The molecule has 0 fully saturated rings. The molecule has 0 aliphatic carbocycles. The van der Waals surface area contributed by atoms with E-state index in [4.69, 9.17) is 5.73 Å². The summed E-state index contributed by atoms with van der Waals surface area (Å²) in [6, 6.07) is 16.1. The highest BCUT2D eigenvalue weighted by Crippen LogP contribution is 2.13. The minimum absolute atomic E-state index is 0.122. The highest BCUT2D eigenvalue weighted by molar-refractivity contribution is 6.04. The number of benzene rings is 2. The monoisotopic (exact) mass is 406 g/mol. The first kappa shape index (κ1) is 21.1. The Bertz CT molecular complexity index is 976. The van der Waals surface area contributed by atoms with Gasteiger partial charge in [0.2, 0.25) is 5.91 Å². The van der Waals surface area contributed by atoms with Crippen molar-refractivity contribution >= 4 is 17.5 Å². The Morgan fingerprint density at radius 2 is 1.63 bits per heavy atom. The topological polar surface area (TPSA) is 97.1 Å². The summed E-state index contributed by atoms with van der Waals surface area (Å²) in [6.45, 7) is 0.283. The van der Waals surface area contributed by atoms with E-state index in [1.54, 1.807) is 60.9 Å². The lowest BCUT2D eigenvalue weighted by atomic mass is 10.0. The highest BCUT2D eigenvalue weighted by atomic mass is 19.1. The smallest absolute Gasteiger partial charge is 0.255 e. The number of pyridine rings is 1. The Labute approximate surface area is 174 Å². The molecule has 0 saturated heterocycles. The summed E-state index contributed by atoms with van der Waals surface area (Å²) >= 11 is 0. The first-order chi connectivity index (χ1) is 14.5. The van der Waals surface area contributed by atoms with Crippen LogP contribution in [0.4, 0.5) is 10.1 Å². The number of hydrogen-bond donors (Lipinski definition) is 3. The summed E-state index contributed by atoms with van der Waals surface area (Å²) in [7, 11) is 0. The average Bonchev–Trinajstić information content (AvgIpc) is 2.78. The van der Waals surface area contributed by atoms with Gasteiger partial charge in [-0.1, -0.05) is 24.3 Å².